The molecule has 242 valence electrons. The summed E-state index contributed by atoms with van der Waals surface area (Å²) in [7, 11) is 0. The van der Waals surface area contributed by atoms with Gasteiger partial charge in [0.05, 0.1) is 5.69 Å². The van der Waals surface area contributed by atoms with Crippen molar-refractivity contribution in [3.63, 3.8) is 0 Å². The van der Waals surface area contributed by atoms with Gasteiger partial charge in [0.1, 0.15) is 5.75 Å². The predicted molar refractivity (Wildman–Crippen MR) is 195 cm³/mol. The maximum Gasteiger partial charge on any atom is 0.124 e. The number of aromatic nitrogens is 2. The molecule has 0 aliphatic heterocycles. The van der Waals surface area contributed by atoms with Gasteiger partial charge < -0.3 is 5.11 Å². The number of pyridine rings is 2. The van der Waals surface area contributed by atoms with Gasteiger partial charge in [0.15, 0.2) is 0 Å². The van der Waals surface area contributed by atoms with E-state index in [1.807, 2.05) is 72.9 Å². The van der Waals surface area contributed by atoms with E-state index in [0.29, 0.717) is 11.3 Å². The van der Waals surface area contributed by atoms with Crippen molar-refractivity contribution in [3.05, 3.63) is 138 Å². The van der Waals surface area contributed by atoms with Crippen LogP contribution < -0.4 is 0 Å². The first-order chi connectivity index (χ1) is 22.4. The number of hydrogen-bond acceptors (Lipinski definition) is 3. The van der Waals surface area contributed by atoms with Crippen molar-refractivity contribution >= 4 is 0 Å². The van der Waals surface area contributed by atoms with E-state index < -0.39 is 0 Å². The molecule has 0 radical (unpaired) electrons. The summed E-state index contributed by atoms with van der Waals surface area (Å²) in [6.45, 7) is 13.5. The van der Waals surface area contributed by atoms with Gasteiger partial charge in [-0.3, -0.25) is 9.97 Å². The van der Waals surface area contributed by atoms with E-state index >= 15 is 0 Å². The molecule has 0 bridgehead atoms. The Kier molecular flexibility index (Phi) is 9.91. The van der Waals surface area contributed by atoms with Crippen LogP contribution in [0.25, 0.3) is 56.0 Å². The zero-order valence-corrected chi connectivity index (χ0v) is 30.5. The summed E-state index contributed by atoms with van der Waals surface area (Å²) in [5.41, 5.74) is 12.3. The monoisotopic (exact) mass is 806 g/mol. The van der Waals surface area contributed by atoms with Crippen LogP contribution in [0, 0.1) is 18.4 Å². The van der Waals surface area contributed by atoms with E-state index in [9.17, 15) is 5.11 Å². The van der Waals surface area contributed by atoms with Crippen molar-refractivity contribution in [3.8, 4) is 74.1 Å². The standard InChI is InChI=1S/C44H39N2O.Pt/c1-8-29-16-18-30(19-17-29)31-20-21-45-39(25-31)32-12-11-13-33(22-32)40-26-35(27-41(46-40)38-14-9-10-15-42(38)47)34-23-36(43(2,3)4)28-37(24-34)44(5,6)7;/h1,9-21,23-28,47H,2-7H3;/q-1;. The second kappa shape index (κ2) is 13.8. The molecule has 4 heteroatoms. The SMILES string of the molecule is C#Cc1ccc(-c2ccnc(-c3[c-]c(-c4cc(-c5cc(C(C)(C)C)cc(C(C)(C)C)c5)cc(-c5ccccc5O)n4)ccc3)c2)cc1.[Pt]. The summed E-state index contributed by atoms with van der Waals surface area (Å²) in [5.74, 6) is 2.87. The molecule has 0 spiro atoms. The Labute approximate surface area is 299 Å². The number of terminal acetylenes is 1. The summed E-state index contributed by atoms with van der Waals surface area (Å²) in [5, 5.41) is 10.9. The van der Waals surface area contributed by atoms with Gasteiger partial charge >= 0.3 is 0 Å². The third-order valence-electron chi connectivity index (χ3n) is 8.50. The number of nitrogens with zero attached hydrogens (tertiary/aromatic N) is 2. The van der Waals surface area contributed by atoms with Crippen molar-refractivity contribution < 1.29 is 26.2 Å². The molecule has 1 N–H and O–H groups in total. The first-order valence-corrected chi connectivity index (χ1v) is 15.9. The largest absolute Gasteiger partial charge is 0.507 e. The molecule has 0 aliphatic rings. The molecule has 3 nitrogen and oxygen atoms in total. The fourth-order valence-corrected chi connectivity index (χ4v) is 5.61. The van der Waals surface area contributed by atoms with Gasteiger partial charge in [0, 0.05) is 49.8 Å². The molecule has 0 atom stereocenters. The van der Waals surface area contributed by atoms with Crippen molar-refractivity contribution in [1.82, 2.24) is 9.97 Å². The summed E-state index contributed by atoms with van der Waals surface area (Å²) in [6, 6.07) is 40.2. The van der Waals surface area contributed by atoms with E-state index in [1.165, 1.54) is 11.1 Å². The van der Waals surface area contributed by atoms with E-state index in [4.69, 9.17) is 16.4 Å². The summed E-state index contributed by atoms with van der Waals surface area (Å²) < 4.78 is 0. The molecule has 0 saturated carbocycles. The van der Waals surface area contributed by atoms with Crippen molar-refractivity contribution in [1.29, 1.82) is 0 Å². The second-order valence-corrected chi connectivity index (χ2v) is 14.1. The Morgan fingerprint density at radius 2 is 1.19 bits per heavy atom. The van der Waals surface area contributed by atoms with Crippen LogP contribution in [0.5, 0.6) is 5.75 Å². The molecule has 0 fully saturated rings. The fraction of sp³-hybridized carbons (Fsp3) is 0.182. The van der Waals surface area contributed by atoms with Gasteiger partial charge in [0.2, 0.25) is 0 Å². The third kappa shape index (κ3) is 7.51. The van der Waals surface area contributed by atoms with E-state index in [0.717, 1.165) is 50.3 Å². The van der Waals surface area contributed by atoms with Gasteiger partial charge in [0.25, 0.3) is 0 Å². The molecule has 48 heavy (non-hydrogen) atoms. The van der Waals surface area contributed by atoms with Crippen LogP contribution in [-0.2, 0) is 31.9 Å². The predicted octanol–water partition coefficient (Wildman–Crippen LogP) is 10.9. The summed E-state index contributed by atoms with van der Waals surface area (Å²) in [6.07, 6.45) is 7.38. The Hall–Kier alpha value is -4.77. The zero-order chi connectivity index (χ0) is 33.3. The summed E-state index contributed by atoms with van der Waals surface area (Å²) in [4.78, 5) is 9.78. The fourth-order valence-electron chi connectivity index (χ4n) is 5.61. The van der Waals surface area contributed by atoms with Gasteiger partial charge in [-0.25, -0.2) is 0 Å². The van der Waals surface area contributed by atoms with Crippen LogP contribution in [0.1, 0.15) is 58.2 Å². The summed E-state index contributed by atoms with van der Waals surface area (Å²) >= 11 is 0. The van der Waals surface area contributed by atoms with Crippen molar-refractivity contribution in [2.24, 2.45) is 0 Å². The second-order valence-electron chi connectivity index (χ2n) is 14.1. The van der Waals surface area contributed by atoms with Crippen LogP contribution in [-0.4, -0.2) is 15.1 Å². The van der Waals surface area contributed by atoms with Crippen molar-refractivity contribution in [2.75, 3.05) is 0 Å². The molecule has 0 amide bonds. The normalized spacial score (nSPS) is 11.4. The smallest absolute Gasteiger partial charge is 0.124 e. The van der Waals surface area contributed by atoms with Gasteiger partial charge in [-0.2, -0.15) is 0 Å². The molecule has 4 aromatic carbocycles. The van der Waals surface area contributed by atoms with E-state index in [-0.39, 0.29) is 37.6 Å². The Morgan fingerprint density at radius 3 is 1.81 bits per heavy atom. The Bertz CT molecular complexity index is 2090. The quantitative estimate of drug-likeness (QED) is 0.139. The van der Waals surface area contributed by atoms with E-state index in [1.54, 1.807) is 6.07 Å². The topological polar surface area (TPSA) is 46.0 Å². The minimum Gasteiger partial charge on any atom is -0.507 e. The Morgan fingerprint density at radius 1 is 0.604 bits per heavy atom. The maximum atomic E-state index is 10.9. The van der Waals surface area contributed by atoms with Crippen molar-refractivity contribution in [2.45, 2.75) is 52.4 Å². The van der Waals surface area contributed by atoms with Gasteiger partial charge in [-0.1, -0.05) is 113 Å². The molecule has 0 unspecified atom stereocenters. The van der Waals surface area contributed by atoms with Crippen LogP contribution >= 0.6 is 0 Å². The molecule has 6 rings (SSSR count). The molecule has 2 heterocycles. The number of hydrogen-bond donors (Lipinski definition) is 1. The van der Waals surface area contributed by atoms with Crippen LogP contribution in [0.4, 0.5) is 0 Å². The molecule has 0 saturated heterocycles. The number of phenols is 1. The number of aromatic hydroxyl groups is 1. The minimum absolute atomic E-state index is 0. The number of rotatable bonds is 5. The van der Waals surface area contributed by atoms with E-state index in [2.05, 4.69) is 89.9 Å². The zero-order valence-electron chi connectivity index (χ0n) is 28.2. The number of phenolic OH excluding ortho intramolecular Hbond substituents is 1. The van der Waals surface area contributed by atoms with Gasteiger partial charge in [-0.05, 0) is 80.6 Å². The first kappa shape index (κ1) is 34.6. The first-order valence-electron chi connectivity index (χ1n) is 15.9. The minimum atomic E-state index is -0.0284. The molecule has 0 aliphatic carbocycles. The molecule has 6 aromatic rings. The molecule has 2 aromatic heterocycles. The average Bonchev–Trinajstić information content (AvgIpc) is 3.07. The van der Waals surface area contributed by atoms with Crippen LogP contribution in [0.3, 0.4) is 0 Å². The maximum absolute atomic E-state index is 10.9. The molecular weight excluding hydrogens is 768 g/mol. The Balaban J connectivity index is 0.00000451. The van der Waals surface area contributed by atoms with Crippen LogP contribution in [0.2, 0.25) is 0 Å². The number of para-hydroxylation sites is 1. The van der Waals surface area contributed by atoms with Crippen LogP contribution in [0.15, 0.2) is 115 Å². The number of benzene rings is 4. The molecular formula is C44H39N2OPt-. The van der Waals surface area contributed by atoms with Gasteiger partial charge in [-0.15, -0.1) is 30.7 Å². The third-order valence-corrected chi connectivity index (χ3v) is 8.50. The average molecular weight is 807 g/mol.